The summed E-state index contributed by atoms with van der Waals surface area (Å²) in [6.07, 6.45) is 3.96. The summed E-state index contributed by atoms with van der Waals surface area (Å²) in [6.45, 7) is 2.91. The van der Waals surface area contributed by atoms with Crippen LogP contribution in [0.15, 0.2) is 48.7 Å². The van der Waals surface area contributed by atoms with Crippen molar-refractivity contribution in [1.82, 2.24) is 5.32 Å². The molecule has 2 aliphatic rings. The van der Waals surface area contributed by atoms with E-state index in [1.807, 2.05) is 24.3 Å². The minimum Gasteiger partial charge on any atom is -0.384 e. The number of rotatable bonds is 5. The lowest BCUT2D eigenvalue weighted by molar-refractivity contribution is -0.114. The summed E-state index contributed by atoms with van der Waals surface area (Å²) in [5, 5.41) is 5.60. The molecule has 6 nitrogen and oxygen atoms in total. The smallest absolute Gasteiger partial charge is 0.260 e. The molecule has 0 aliphatic carbocycles. The van der Waals surface area contributed by atoms with Crippen LogP contribution in [0.3, 0.4) is 0 Å². The van der Waals surface area contributed by atoms with Crippen LogP contribution in [0.25, 0.3) is 5.57 Å². The third kappa shape index (κ3) is 4.52. The molecule has 1 fully saturated rings. The van der Waals surface area contributed by atoms with Gasteiger partial charge in [0.15, 0.2) is 0 Å². The zero-order valence-corrected chi connectivity index (χ0v) is 18.9. The molecule has 30 heavy (non-hydrogen) atoms. The molecule has 2 N–H and O–H groups in total. The topological polar surface area (TPSA) is 70.7 Å². The number of carbonyl (C=O) groups is 2. The van der Waals surface area contributed by atoms with E-state index in [1.54, 1.807) is 19.4 Å². The number of ether oxygens (including phenoxy) is 1. The van der Waals surface area contributed by atoms with Crippen molar-refractivity contribution in [3.8, 4) is 0 Å². The number of nitrogens with one attached hydrogen (secondary N) is 2. The predicted molar refractivity (Wildman–Crippen MR) is 126 cm³/mol. The summed E-state index contributed by atoms with van der Waals surface area (Å²) < 4.78 is 6.25. The molecule has 0 unspecified atom stereocenters. The Hall–Kier alpha value is -2.39. The van der Waals surface area contributed by atoms with Crippen LogP contribution in [0.5, 0.6) is 0 Å². The summed E-state index contributed by atoms with van der Waals surface area (Å²) in [6, 6.07) is 13.7. The van der Waals surface area contributed by atoms with Gasteiger partial charge in [-0.2, -0.15) is 0 Å². The zero-order valence-electron chi connectivity index (χ0n) is 16.8. The maximum absolute atomic E-state index is 12.4. The first-order valence-electron chi connectivity index (χ1n) is 10.0. The predicted octanol–water partition coefficient (Wildman–Crippen LogP) is 3.88. The molecule has 0 spiro atoms. The molecular weight excluding hydrogens is 493 g/mol. The fraction of sp³-hybridized carbons (Fsp3) is 0.304. The van der Waals surface area contributed by atoms with E-state index >= 15 is 0 Å². The third-order valence-corrected chi connectivity index (χ3v) is 6.29. The molecule has 0 saturated carbocycles. The Morgan fingerprint density at radius 3 is 2.53 bits per heavy atom. The number of methoxy groups -OCH3 is 1. The van der Waals surface area contributed by atoms with E-state index in [4.69, 9.17) is 4.74 Å². The first-order chi connectivity index (χ1) is 14.5. The maximum atomic E-state index is 12.4. The Kier molecular flexibility index (Phi) is 6.38. The van der Waals surface area contributed by atoms with Crippen LogP contribution < -0.4 is 15.5 Å². The highest BCUT2D eigenvalue weighted by Crippen LogP contribution is 2.27. The van der Waals surface area contributed by atoms with Crippen molar-refractivity contribution in [2.45, 2.75) is 12.8 Å². The number of amides is 2. The first-order valence-corrected chi connectivity index (χ1v) is 11.1. The van der Waals surface area contributed by atoms with Gasteiger partial charge in [-0.05, 0) is 83.8 Å². The van der Waals surface area contributed by atoms with E-state index in [2.05, 4.69) is 50.3 Å². The Morgan fingerprint density at radius 1 is 1.10 bits per heavy atom. The van der Waals surface area contributed by atoms with Gasteiger partial charge in [-0.3, -0.25) is 14.9 Å². The molecule has 7 heteroatoms. The van der Waals surface area contributed by atoms with Crippen molar-refractivity contribution in [1.29, 1.82) is 0 Å². The van der Waals surface area contributed by atoms with Gasteiger partial charge >= 0.3 is 0 Å². The highest BCUT2D eigenvalue weighted by atomic mass is 127. The lowest BCUT2D eigenvalue weighted by atomic mass is 9.95. The average molecular weight is 517 g/mol. The van der Waals surface area contributed by atoms with Crippen LogP contribution in [0.2, 0.25) is 0 Å². The number of halogens is 1. The number of hydrogen-bond acceptors (Lipinski definition) is 5. The van der Waals surface area contributed by atoms with E-state index in [1.165, 1.54) is 5.69 Å². The normalized spacial score (nSPS) is 18.3. The quantitative estimate of drug-likeness (QED) is 0.358. The molecule has 2 aromatic carbocycles. The Bertz CT molecular complexity index is 980. The van der Waals surface area contributed by atoms with E-state index in [9.17, 15) is 9.59 Å². The number of hydrogen-bond donors (Lipinski definition) is 2. The van der Waals surface area contributed by atoms with Crippen LogP contribution in [0.4, 0.5) is 11.4 Å². The number of carbonyl (C=O) groups excluding carboxylic acids is 2. The van der Waals surface area contributed by atoms with Crippen molar-refractivity contribution in [2.24, 2.45) is 5.92 Å². The number of anilines is 2. The van der Waals surface area contributed by atoms with Crippen LogP contribution >= 0.6 is 22.6 Å². The summed E-state index contributed by atoms with van der Waals surface area (Å²) in [5.41, 5.74) is 3.70. The minimum atomic E-state index is -0.391. The second-order valence-electron chi connectivity index (χ2n) is 7.61. The summed E-state index contributed by atoms with van der Waals surface area (Å²) in [7, 11) is 1.77. The van der Waals surface area contributed by atoms with Crippen LogP contribution in [0, 0.1) is 9.49 Å². The van der Waals surface area contributed by atoms with Gasteiger partial charge < -0.3 is 15.0 Å². The van der Waals surface area contributed by atoms with Crippen molar-refractivity contribution in [3.05, 3.63) is 63.4 Å². The van der Waals surface area contributed by atoms with E-state index in [0.717, 1.165) is 41.8 Å². The molecule has 2 amide bonds. The summed E-state index contributed by atoms with van der Waals surface area (Å²) in [5.74, 6) is -0.0991. The number of benzene rings is 2. The Balaban J connectivity index is 1.46. The van der Waals surface area contributed by atoms with E-state index < -0.39 is 5.91 Å². The highest BCUT2D eigenvalue weighted by molar-refractivity contribution is 14.1. The first kappa shape index (κ1) is 20.9. The standard InChI is InChI=1S/C23H24IN3O3/c1-30-14-15-8-10-27(11-9-15)18-5-3-17(4-6-18)25-13-21-20-12-16(24)2-7-19(20)22(28)26-23(21)29/h2-7,12-13,15,25H,8-11,14H2,1H3,(H,26,28,29)/b21-13-. The lowest BCUT2D eigenvalue weighted by Gasteiger charge is -2.33. The number of imide groups is 1. The number of nitrogens with zero attached hydrogens (tertiary/aromatic N) is 1. The van der Waals surface area contributed by atoms with Crippen molar-refractivity contribution in [3.63, 3.8) is 0 Å². The molecule has 4 rings (SSSR count). The lowest BCUT2D eigenvalue weighted by Crippen LogP contribution is -2.36. The molecule has 2 heterocycles. The molecule has 0 aromatic heterocycles. The molecule has 2 aliphatic heterocycles. The van der Waals surface area contributed by atoms with E-state index in [-0.39, 0.29) is 5.91 Å². The molecule has 1 saturated heterocycles. The van der Waals surface area contributed by atoms with Gasteiger partial charge in [0.1, 0.15) is 0 Å². The van der Waals surface area contributed by atoms with Crippen LogP contribution in [-0.4, -0.2) is 38.6 Å². The molecule has 0 radical (unpaired) electrons. The van der Waals surface area contributed by atoms with Gasteiger partial charge in [-0.25, -0.2) is 0 Å². The SMILES string of the molecule is COCC1CCN(c2ccc(N/C=C3\C(=O)NC(=O)c4ccc(I)cc43)cc2)CC1. The second-order valence-corrected chi connectivity index (χ2v) is 8.85. The number of piperidine rings is 1. The maximum Gasteiger partial charge on any atom is 0.260 e. The van der Waals surface area contributed by atoms with Crippen LogP contribution in [0.1, 0.15) is 28.8 Å². The van der Waals surface area contributed by atoms with Gasteiger partial charge in [0.25, 0.3) is 11.8 Å². The number of fused-ring (bicyclic) bond motifs is 1. The molecule has 0 bridgehead atoms. The van der Waals surface area contributed by atoms with Gasteiger partial charge in [0, 0.05) is 59.1 Å². The van der Waals surface area contributed by atoms with Crippen molar-refractivity contribution >= 4 is 51.4 Å². The van der Waals surface area contributed by atoms with Crippen molar-refractivity contribution in [2.75, 3.05) is 37.0 Å². The zero-order chi connectivity index (χ0) is 21.1. The van der Waals surface area contributed by atoms with Gasteiger partial charge in [-0.1, -0.05) is 0 Å². The fourth-order valence-corrected chi connectivity index (χ4v) is 4.45. The largest absolute Gasteiger partial charge is 0.384 e. The van der Waals surface area contributed by atoms with Crippen molar-refractivity contribution < 1.29 is 14.3 Å². The molecule has 2 aromatic rings. The fourth-order valence-electron chi connectivity index (χ4n) is 3.96. The minimum absolute atomic E-state index is 0.359. The highest BCUT2D eigenvalue weighted by Gasteiger charge is 2.27. The molecule has 0 atom stereocenters. The molecular formula is C23H24IN3O3. The summed E-state index contributed by atoms with van der Waals surface area (Å²) >= 11 is 2.18. The molecule has 156 valence electrons. The van der Waals surface area contributed by atoms with Crippen LogP contribution in [-0.2, 0) is 9.53 Å². The summed E-state index contributed by atoms with van der Waals surface area (Å²) in [4.78, 5) is 26.8. The average Bonchev–Trinajstić information content (AvgIpc) is 2.74. The van der Waals surface area contributed by atoms with Gasteiger partial charge in [0.2, 0.25) is 0 Å². The Morgan fingerprint density at radius 2 is 1.83 bits per heavy atom. The van der Waals surface area contributed by atoms with E-state index in [0.29, 0.717) is 22.6 Å². The second kappa shape index (κ2) is 9.18. The Labute approximate surface area is 189 Å². The third-order valence-electron chi connectivity index (χ3n) is 5.62. The van der Waals surface area contributed by atoms with Gasteiger partial charge in [0.05, 0.1) is 5.57 Å². The van der Waals surface area contributed by atoms with Gasteiger partial charge in [-0.15, -0.1) is 0 Å². The monoisotopic (exact) mass is 517 g/mol.